The largest absolute Gasteiger partial charge is 0.394 e. The van der Waals surface area contributed by atoms with Crippen LogP contribution in [0.15, 0.2) is 0 Å². The Hall–Kier alpha value is -0.290. The summed E-state index contributed by atoms with van der Waals surface area (Å²) in [7, 11) is 1.47. The van der Waals surface area contributed by atoms with Gasteiger partial charge in [-0.25, -0.2) is 0 Å². The molecule has 0 aromatic rings. The van der Waals surface area contributed by atoms with Gasteiger partial charge < -0.3 is 11.1 Å². The standard InChI is InChI=1S/C5H11F3N2/c1-10-3-4(2-9)5(6,7)8/h4,10H,2-3,9H2,1H3. The molecule has 0 fully saturated rings. The van der Waals surface area contributed by atoms with Crippen LogP contribution in [0.3, 0.4) is 0 Å². The van der Waals surface area contributed by atoms with Crippen molar-refractivity contribution in [3.63, 3.8) is 0 Å². The summed E-state index contributed by atoms with van der Waals surface area (Å²) in [5, 5.41) is 2.43. The first-order valence-corrected chi connectivity index (χ1v) is 2.93. The predicted octanol–water partition coefficient (Wildman–Crippen LogP) is 0.343. The number of rotatable bonds is 3. The van der Waals surface area contributed by atoms with Crippen LogP contribution in [0.25, 0.3) is 0 Å². The Labute approximate surface area is 57.6 Å². The monoisotopic (exact) mass is 156 g/mol. The number of nitrogens with two attached hydrogens (primary N) is 1. The summed E-state index contributed by atoms with van der Waals surface area (Å²) < 4.78 is 35.4. The Morgan fingerprint density at radius 1 is 1.50 bits per heavy atom. The molecule has 0 radical (unpaired) electrons. The first kappa shape index (κ1) is 9.71. The van der Waals surface area contributed by atoms with E-state index < -0.39 is 12.1 Å². The number of halogens is 3. The first-order valence-electron chi connectivity index (χ1n) is 2.93. The van der Waals surface area contributed by atoms with Gasteiger partial charge in [-0.05, 0) is 7.05 Å². The van der Waals surface area contributed by atoms with Crippen molar-refractivity contribution in [2.75, 3.05) is 20.1 Å². The zero-order chi connectivity index (χ0) is 8.20. The lowest BCUT2D eigenvalue weighted by atomic mass is 10.1. The fraction of sp³-hybridized carbons (Fsp3) is 1.00. The third-order valence-electron chi connectivity index (χ3n) is 1.20. The van der Waals surface area contributed by atoms with Crippen LogP contribution in [-0.2, 0) is 0 Å². The summed E-state index contributed by atoms with van der Waals surface area (Å²) in [5.41, 5.74) is 4.88. The van der Waals surface area contributed by atoms with Gasteiger partial charge in [-0.2, -0.15) is 13.2 Å². The average molecular weight is 156 g/mol. The minimum Gasteiger partial charge on any atom is -0.330 e. The molecule has 2 nitrogen and oxygen atoms in total. The molecule has 0 aromatic heterocycles. The topological polar surface area (TPSA) is 38.0 Å². The maximum Gasteiger partial charge on any atom is 0.394 e. The van der Waals surface area contributed by atoms with E-state index in [9.17, 15) is 13.2 Å². The van der Waals surface area contributed by atoms with Gasteiger partial charge in [0.25, 0.3) is 0 Å². The third kappa shape index (κ3) is 3.03. The summed E-state index contributed by atoms with van der Waals surface area (Å²) >= 11 is 0. The lowest BCUT2D eigenvalue weighted by Gasteiger charge is -2.17. The SMILES string of the molecule is CNCC(CN)C(F)(F)F. The van der Waals surface area contributed by atoms with Crippen molar-refractivity contribution in [3.05, 3.63) is 0 Å². The molecular formula is C5H11F3N2. The highest BCUT2D eigenvalue weighted by atomic mass is 19.4. The van der Waals surface area contributed by atoms with Crippen molar-refractivity contribution in [1.29, 1.82) is 0 Å². The summed E-state index contributed by atoms with van der Waals surface area (Å²) in [6.07, 6.45) is -4.17. The quantitative estimate of drug-likeness (QED) is 0.618. The average Bonchev–Trinajstić information content (AvgIpc) is 1.80. The minimum absolute atomic E-state index is 0.111. The van der Waals surface area contributed by atoms with Crippen molar-refractivity contribution in [1.82, 2.24) is 5.32 Å². The Morgan fingerprint density at radius 2 is 2.00 bits per heavy atom. The van der Waals surface area contributed by atoms with Crippen molar-refractivity contribution in [2.45, 2.75) is 6.18 Å². The molecule has 0 saturated heterocycles. The molecule has 5 heteroatoms. The van der Waals surface area contributed by atoms with Crippen molar-refractivity contribution < 1.29 is 13.2 Å². The molecule has 0 rings (SSSR count). The van der Waals surface area contributed by atoms with E-state index in [2.05, 4.69) is 5.32 Å². The van der Waals surface area contributed by atoms with E-state index in [1.807, 2.05) is 0 Å². The smallest absolute Gasteiger partial charge is 0.330 e. The van der Waals surface area contributed by atoms with Crippen molar-refractivity contribution in [2.24, 2.45) is 11.7 Å². The highest BCUT2D eigenvalue weighted by Gasteiger charge is 2.37. The second-order valence-corrected chi connectivity index (χ2v) is 2.03. The van der Waals surface area contributed by atoms with E-state index in [1.54, 1.807) is 0 Å². The van der Waals surface area contributed by atoms with Gasteiger partial charge in [-0.3, -0.25) is 0 Å². The molecule has 0 amide bonds. The number of hydrogen-bond donors (Lipinski definition) is 2. The summed E-state index contributed by atoms with van der Waals surface area (Å²) in [6, 6.07) is 0. The lowest BCUT2D eigenvalue weighted by Crippen LogP contribution is -2.37. The third-order valence-corrected chi connectivity index (χ3v) is 1.20. The molecule has 0 aromatic carbocycles. The normalized spacial score (nSPS) is 15.3. The summed E-state index contributed by atoms with van der Waals surface area (Å²) in [6.45, 7) is -0.468. The van der Waals surface area contributed by atoms with Crippen molar-refractivity contribution in [3.8, 4) is 0 Å². The minimum atomic E-state index is -4.17. The molecule has 0 saturated carbocycles. The van der Waals surface area contributed by atoms with E-state index in [0.29, 0.717) is 0 Å². The Morgan fingerprint density at radius 3 is 2.10 bits per heavy atom. The number of nitrogens with one attached hydrogen (secondary N) is 1. The van der Waals surface area contributed by atoms with Gasteiger partial charge in [-0.15, -0.1) is 0 Å². The summed E-state index contributed by atoms with van der Waals surface area (Å²) in [4.78, 5) is 0. The maximum atomic E-state index is 11.8. The Bertz CT molecular complexity index is 91.4. The molecule has 0 aliphatic rings. The van der Waals surface area contributed by atoms with E-state index >= 15 is 0 Å². The van der Waals surface area contributed by atoms with Gasteiger partial charge in [-0.1, -0.05) is 0 Å². The van der Waals surface area contributed by atoms with Gasteiger partial charge >= 0.3 is 6.18 Å². The van der Waals surface area contributed by atoms with Gasteiger partial charge in [0.1, 0.15) is 0 Å². The summed E-state index contributed by atoms with van der Waals surface area (Å²) in [5.74, 6) is -1.42. The van der Waals surface area contributed by atoms with E-state index in [4.69, 9.17) is 5.73 Å². The zero-order valence-corrected chi connectivity index (χ0v) is 5.70. The van der Waals surface area contributed by atoms with Gasteiger partial charge in [0.2, 0.25) is 0 Å². The van der Waals surface area contributed by atoms with Gasteiger partial charge in [0, 0.05) is 13.1 Å². The predicted molar refractivity (Wildman–Crippen MR) is 32.5 cm³/mol. The number of alkyl halides is 3. The van der Waals surface area contributed by atoms with Crippen LogP contribution >= 0.6 is 0 Å². The molecule has 0 heterocycles. The maximum absolute atomic E-state index is 11.8. The molecule has 62 valence electrons. The van der Waals surface area contributed by atoms with Crippen LogP contribution in [-0.4, -0.2) is 26.3 Å². The highest BCUT2D eigenvalue weighted by Crippen LogP contribution is 2.24. The van der Waals surface area contributed by atoms with Crippen LogP contribution in [0.5, 0.6) is 0 Å². The second kappa shape index (κ2) is 3.78. The molecule has 3 N–H and O–H groups in total. The van der Waals surface area contributed by atoms with Gasteiger partial charge in [0.05, 0.1) is 5.92 Å². The van der Waals surface area contributed by atoms with E-state index in [1.165, 1.54) is 7.05 Å². The van der Waals surface area contributed by atoms with Crippen LogP contribution < -0.4 is 11.1 Å². The first-order chi connectivity index (χ1) is 4.52. The molecule has 10 heavy (non-hydrogen) atoms. The van der Waals surface area contributed by atoms with Crippen molar-refractivity contribution >= 4 is 0 Å². The molecule has 0 spiro atoms. The molecule has 1 unspecified atom stereocenters. The molecule has 0 aliphatic heterocycles. The molecule has 0 bridgehead atoms. The second-order valence-electron chi connectivity index (χ2n) is 2.03. The fourth-order valence-electron chi connectivity index (χ4n) is 0.579. The van der Waals surface area contributed by atoms with E-state index in [0.717, 1.165) is 0 Å². The molecular weight excluding hydrogens is 145 g/mol. The Balaban J connectivity index is 3.81. The lowest BCUT2D eigenvalue weighted by molar-refractivity contribution is -0.170. The number of hydrogen-bond acceptors (Lipinski definition) is 2. The van der Waals surface area contributed by atoms with Crippen LogP contribution in [0, 0.1) is 5.92 Å². The zero-order valence-electron chi connectivity index (χ0n) is 5.70. The van der Waals surface area contributed by atoms with Crippen LogP contribution in [0.4, 0.5) is 13.2 Å². The molecule has 1 atom stereocenters. The molecule has 0 aliphatic carbocycles. The van der Waals surface area contributed by atoms with Crippen LogP contribution in [0.1, 0.15) is 0 Å². The van der Waals surface area contributed by atoms with E-state index in [-0.39, 0.29) is 13.1 Å². The van der Waals surface area contributed by atoms with Gasteiger partial charge in [0.15, 0.2) is 0 Å². The van der Waals surface area contributed by atoms with Crippen LogP contribution in [0.2, 0.25) is 0 Å². The fourth-order valence-corrected chi connectivity index (χ4v) is 0.579. The highest BCUT2D eigenvalue weighted by molar-refractivity contribution is 4.69. The Kier molecular flexibility index (Phi) is 3.67.